The first kappa shape index (κ1) is 21.2. The number of benzene rings is 2. The minimum absolute atomic E-state index is 0.0275. The van der Waals surface area contributed by atoms with Gasteiger partial charge in [-0.2, -0.15) is 4.31 Å². The molecule has 0 radical (unpaired) electrons. The summed E-state index contributed by atoms with van der Waals surface area (Å²) >= 11 is 6.04. The van der Waals surface area contributed by atoms with Crippen molar-refractivity contribution in [1.29, 1.82) is 0 Å². The molecule has 1 aliphatic heterocycles. The number of sulfonamides is 1. The van der Waals surface area contributed by atoms with E-state index in [2.05, 4.69) is 10.6 Å². The largest absolute Gasteiger partial charge is 0.379 e. The van der Waals surface area contributed by atoms with Crippen LogP contribution in [0.5, 0.6) is 0 Å². The van der Waals surface area contributed by atoms with Crippen LogP contribution in [-0.2, 0) is 24.3 Å². The first-order chi connectivity index (χ1) is 13.8. The third-order valence-corrected chi connectivity index (χ3v) is 6.33. The summed E-state index contributed by atoms with van der Waals surface area (Å²) in [5.74, 6) is -2.57. The second-order valence-corrected chi connectivity index (χ2v) is 8.42. The molecular weight excluding hydrogens is 425 g/mol. The number of anilines is 2. The zero-order valence-corrected chi connectivity index (χ0v) is 16.6. The van der Waals surface area contributed by atoms with Crippen molar-refractivity contribution in [3.8, 4) is 0 Å². The first-order valence-electron chi connectivity index (χ1n) is 8.53. The predicted molar refractivity (Wildman–Crippen MR) is 105 cm³/mol. The summed E-state index contributed by atoms with van der Waals surface area (Å²) in [4.78, 5) is 24.1. The van der Waals surface area contributed by atoms with Gasteiger partial charge in [0.05, 0.1) is 28.8 Å². The van der Waals surface area contributed by atoms with Crippen LogP contribution in [0, 0.1) is 5.82 Å². The maximum Gasteiger partial charge on any atom is 0.314 e. The van der Waals surface area contributed by atoms with Gasteiger partial charge in [-0.05, 0) is 42.5 Å². The van der Waals surface area contributed by atoms with Gasteiger partial charge in [-0.15, -0.1) is 0 Å². The fourth-order valence-electron chi connectivity index (χ4n) is 2.60. The fraction of sp³-hybridized carbons (Fsp3) is 0.222. The monoisotopic (exact) mass is 441 g/mol. The van der Waals surface area contributed by atoms with Crippen LogP contribution in [0.2, 0.25) is 5.02 Å². The van der Waals surface area contributed by atoms with Crippen molar-refractivity contribution in [3.63, 3.8) is 0 Å². The summed E-state index contributed by atoms with van der Waals surface area (Å²) in [6.07, 6.45) is 0. The standard InChI is InChI=1S/C18H17ClFN3O5S/c19-15-6-5-14(29(26,27)23-7-9-28-10-8-23)11-16(15)22-18(25)17(24)21-13-3-1-12(20)2-4-13/h1-6,11H,7-10H2,(H,21,24)(H,22,25). The summed E-state index contributed by atoms with van der Waals surface area (Å²) in [7, 11) is -3.80. The maximum atomic E-state index is 12.9. The second kappa shape index (κ2) is 8.87. The van der Waals surface area contributed by atoms with Gasteiger partial charge in [0.15, 0.2) is 0 Å². The van der Waals surface area contributed by atoms with Gasteiger partial charge in [0, 0.05) is 18.8 Å². The van der Waals surface area contributed by atoms with Gasteiger partial charge in [0.1, 0.15) is 5.82 Å². The molecule has 3 rings (SSSR count). The Labute approximate surface area is 171 Å². The molecule has 2 amide bonds. The Morgan fingerprint density at radius 1 is 1.00 bits per heavy atom. The minimum Gasteiger partial charge on any atom is -0.379 e. The molecule has 1 aliphatic rings. The van der Waals surface area contributed by atoms with E-state index < -0.39 is 27.7 Å². The highest BCUT2D eigenvalue weighted by Crippen LogP contribution is 2.27. The second-order valence-electron chi connectivity index (χ2n) is 6.07. The lowest BCUT2D eigenvalue weighted by atomic mass is 10.3. The van der Waals surface area contributed by atoms with Gasteiger partial charge in [-0.1, -0.05) is 11.6 Å². The van der Waals surface area contributed by atoms with E-state index in [4.69, 9.17) is 16.3 Å². The van der Waals surface area contributed by atoms with Crippen LogP contribution < -0.4 is 10.6 Å². The van der Waals surface area contributed by atoms with Crippen molar-refractivity contribution in [2.24, 2.45) is 0 Å². The molecule has 0 unspecified atom stereocenters. The Morgan fingerprint density at radius 2 is 1.62 bits per heavy atom. The van der Waals surface area contributed by atoms with Crippen LogP contribution in [0.4, 0.5) is 15.8 Å². The van der Waals surface area contributed by atoms with Crippen molar-refractivity contribution < 1.29 is 27.1 Å². The highest BCUT2D eigenvalue weighted by atomic mass is 35.5. The van der Waals surface area contributed by atoms with Crippen molar-refractivity contribution in [2.45, 2.75) is 4.90 Å². The molecule has 0 saturated carbocycles. The third-order valence-electron chi connectivity index (χ3n) is 4.10. The number of nitrogens with one attached hydrogen (secondary N) is 2. The number of halogens is 2. The van der Waals surface area contributed by atoms with Crippen LogP contribution in [0.25, 0.3) is 0 Å². The van der Waals surface area contributed by atoms with Crippen LogP contribution in [0.15, 0.2) is 47.4 Å². The first-order valence-corrected chi connectivity index (χ1v) is 10.3. The van der Waals surface area contributed by atoms with E-state index in [0.717, 1.165) is 12.1 Å². The molecule has 2 N–H and O–H groups in total. The highest BCUT2D eigenvalue weighted by Gasteiger charge is 2.27. The molecule has 8 nitrogen and oxygen atoms in total. The minimum atomic E-state index is -3.80. The molecule has 1 heterocycles. The zero-order valence-electron chi connectivity index (χ0n) is 15.0. The van der Waals surface area contributed by atoms with Gasteiger partial charge in [0.2, 0.25) is 10.0 Å². The molecule has 11 heteroatoms. The Bertz CT molecular complexity index is 1020. The Balaban J connectivity index is 1.74. The number of hydrogen-bond acceptors (Lipinski definition) is 5. The normalized spacial score (nSPS) is 15.0. The van der Waals surface area contributed by atoms with E-state index in [9.17, 15) is 22.4 Å². The highest BCUT2D eigenvalue weighted by molar-refractivity contribution is 7.89. The number of morpholine rings is 1. The summed E-state index contributed by atoms with van der Waals surface area (Å²) in [5.41, 5.74) is 0.196. The average Bonchev–Trinajstić information content (AvgIpc) is 2.71. The Kier molecular flexibility index (Phi) is 6.48. The Morgan fingerprint density at radius 3 is 2.28 bits per heavy atom. The van der Waals surface area contributed by atoms with Gasteiger partial charge in [-0.25, -0.2) is 12.8 Å². The fourth-order valence-corrected chi connectivity index (χ4v) is 4.20. The Hall–Kier alpha value is -2.53. The average molecular weight is 442 g/mol. The summed E-state index contributed by atoms with van der Waals surface area (Å²) < 4.78 is 44.8. The third kappa shape index (κ3) is 5.10. The van der Waals surface area contributed by atoms with Crippen molar-refractivity contribution in [1.82, 2.24) is 4.31 Å². The number of carbonyl (C=O) groups is 2. The van der Waals surface area contributed by atoms with Crippen LogP contribution in [0.3, 0.4) is 0 Å². The molecule has 1 fully saturated rings. The number of carbonyl (C=O) groups excluding carboxylic acids is 2. The van der Waals surface area contributed by atoms with Gasteiger partial charge in [-0.3, -0.25) is 9.59 Å². The quantitative estimate of drug-likeness (QED) is 0.707. The van der Waals surface area contributed by atoms with Crippen molar-refractivity contribution in [2.75, 3.05) is 36.9 Å². The van der Waals surface area contributed by atoms with Gasteiger partial charge < -0.3 is 15.4 Å². The molecule has 2 aromatic carbocycles. The van der Waals surface area contributed by atoms with E-state index in [0.29, 0.717) is 13.2 Å². The zero-order chi connectivity index (χ0) is 21.0. The van der Waals surface area contributed by atoms with E-state index in [-0.39, 0.29) is 34.4 Å². The van der Waals surface area contributed by atoms with Crippen molar-refractivity contribution in [3.05, 3.63) is 53.3 Å². The summed E-state index contributed by atoms with van der Waals surface area (Å²) in [5, 5.41) is 4.66. The number of amides is 2. The van der Waals surface area contributed by atoms with Crippen LogP contribution >= 0.6 is 11.6 Å². The molecule has 154 valence electrons. The molecule has 0 spiro atoms. The van der Waals surface area contributed by atoms with E-state index in [1.165, 1.54) is 34.6 Å². The molecule has 0 aliphatic carbocycles. The van der Waals surface area contributed by atoms with E-state index >= 15 is 0 Å². The summed E-state index contributed by atoms with van der Waals surface area (Å²) in [6.45, 7) is 1.01. The van der Waals surface area contributed by atoms with Gasteiger partial charge >= 0.3 is 11.8 Å². The molecule has 0 bridgehead atoms. The number of rotatable bonds is 4. The van der Waals surface area contributed by atoms with E-state index in [1.807, 2.05) is 0 Å². The molecule has 1 saturated heterocycles. The van der Waals surface area contributed by atoms with Crippen molar-refractivity contribution >= 4 is 44.8 Å². The smallest absolute Gasteiger partial charge is 0.314 e. The molecule has 2 aromatic rings. The number of nitrogens with zero attached hydrogens (tertiary/aromatic N) is 1. The molecule has 29 heavy (non-hydrogen) atoms. The molecule has 0 aromatic heterocycles. The summed E-state index contributed by atoms with van der Waals surface area (Å²) in [6, 6.07) is 8.68. The number of hydrogen-bond donors (Lipinski definition) is 2. The lowest BCUT2D eigenvalue weighted by Gasteiger charge is -2.26. The topological polar surface area (TPSA) is 105 Å². The lowest BCUT2D eigenvalue weighted by molar-refractivity contribution is -0.132. The van der Waals surface area contributed by atoms with Gasteiger partial charge in [0.25, 0.3) is 0 Å². The van der Waals surface area contributed by atoms with Crippen LogP contribution in [0.1, 0.15) is 0 Å². The SMILES string of the molecule is O=C(Nc1ccc(F)cc1)C(=O)Nc1cc(S(=O)(=O)N2CCOCC2)ccc1Cl. The predicted octanol–water partition coefficient (Wildman–Crippen LogP) is 2.08. The molecular formula is C18H17ClFN3O5S. The van der Waals surface area contributed by atoms with E-state index in [1.54, 1.807) is 0 Å². The number of ether oxygens (including phenoxy) is 1. The van der Waals surface area contributed by atoms with Crippen LogP contribution in [-0.4, -0.2) is 50.8 Å². The maximum absolute atomic E-state index is 12.9. The molecule has 0 atom stereocenters. The lowest BCUT2D eigenvalue weighted by Crippen LogP contribution is -2.40.